The van der Waals surface area contributed by atoms with Gasteiger partial charge in [-0.1, -0.05) is 50.7 Å². The van der Waals surface area contributed by atoms with Gasteiger partial charge in [-0.2, -0.15) is 0 Å². The molecule has 0 fully saturated rings. The van der Waals surface area contributed by atoms with Crippen LogP contribution in [0.1, 0.15) is 10.4 Å². The molecule has 2 aromatic rings. The largest absolute Gasteiger partial charge is 0.319 e. The number of carbonyl (C=O) groups excluding carboxylic acids is 1. The first kappa shape index (κ1) is 16.1. The van der Waals surface area contributed by atoms with Crippen molar-refractivity contribution in [2.75, 3.05) is 5.32 Å². The molecule has 7 heteroatoms. The highest BCUT2D eigenvalue weighted by Crippen LogP contribution is 2.34. The smallest absolute Gasteiger partial charge is 0.256 e. The maximum atomic E-state index is 12.2. The van der Waals surface area contributed by atoms with Gasteiger partial charge in [0.25, 0.3) is 5.91 Å². The van der Waals surface area contributed by atoms with Gasteiger partial charge in [-0.05, 0) is 46.3 Å². The zero-order valence-corrected chi connectivity index (χ0v) is 15.1. The number of anilines is 1. The van der Waals surface area contributed by atoms with Gasteiger partial charge in [0, 0.05) is 14.0 Å². The van der Waals surface area contributed by atoms with Crippen LogP contribution >= 0.6 is 66.7 Å². The average molecular weight is 458 g/mol. The molecule has 1 N–H and O–H groups in total. The molecule has 20 heavy (non-hydrogen) atoms. The third-order valence-corrected chi connectivity index (χ3v) is 4.38. The van der Waals surface area contributed by atoms with Crippen LogP contribution in [0.5, 0.6) is 0 Å². The van der Waals surface area contributed by atoms with E-state index >= 15 is 0 Å². The number of carbonyl (C=O) groups is 1. The van der Waals surface area contributed by atoms with E-state index in [0.717, 1.165) is 4.47 Å². The molecular formula is C13H6Br2Cl3NO. The maximum absolute atomic E-state index is 12.2. The Bertz CT molecular complexity index is 668. The molecule has 2 nitrogen and oxygen atoms in total. The summed E-state index contributed by atoms with van der Waals surface area (Å²) >= 11 is 24.5. The average Bonchev–Trinajstić information content (AvgIpc) is 2.33. The Morgan fingerprint density at radius 3 is 2.15 bits per heavy atom. The van der Waals surface area contributed by atoms with Gasteiger partial charge in [0.2, 0.25) is 0 Å². The molecular weight excluding hydrogens is 452 g/mol. The molecule has 0 saturated heterocycles. The topological polar surface area (TPSA) is 29.1 Å². The van der Waals surface area contributed by atoms with Gasteiger partial charge in [0.1, 0.15) is 0 Å². The van der Waals surface area contributed by atoms with Crippen LogP contribution in [0.4, 0.5) is 5.69 Å². The van der Waals surface area contributed by atoms with Crippen LogP contribution < -0.4 is 5.32 Å². The van der Waals surface area contributed by atoms with Crippen molar-refractivity contribution in [3.05, 3.63) is 59.9 Å². The second kappa shape index (κ2) is 6.67. The van der Waals surface area contributed by atoms with E-state index in [2.05, 4.69) is 37.2 Å². The summed E-state index contributed by atoms with van der Waals surface area (Å²) < 4.78 is 1.52. The van der Waals surface area contributed by atoms with Gasteiger partial charge >= 0.3 is 0 Å². The summed E-state index contributed by atoms with van der Waals surface area (Å²) in [6, 6.07) is 8.26. The fourth-order valence-electron chi connectivity index (χ4n) is 1.52. The highest BCUT2D eigenvalue weighted by molar-refractivity contribution is 9.11. The number of hydrogen-bond acceptors (Lipinski definition) is 1. The van der Waals surface area contributed by atoms with E-state index in [-0.39, 0.29) is 16.0 Å². The van der Waals surface area contributed by atoms with Crippen LogP contribution in [-0.4, -0.2) is 5.91 Å². The van der Waals surface area contributed by atoms with Gasteiger partial charge in [-0.25, -0.2) is 0 Å². The molecule has 2 aromatic carbocycles. The van der Waals surface area contributed by atoms with E-state index in [1.54, 1.807) is 18.2 Å². The minimum atomic E-state index is -0.324. The fourth-order valence-corrected chi connectivity index (χ4v) is 3.65. The monoisotopic (exact) mass is 455 g/mol. The summed E-state index contributed by atoms with van der Waals surface area (Å²) in [7, 11) is 0. The van der Waals surface area contributed by atoms with Gasteiger partial charge in [-0.15, -0.1) is 0 Å². The Labute approximate surface area is 147 Å². The number of amides is 1. The van der Waals surface area contributed by atoms with Crippen molar-refractivity contribution >= 4 is 78.3 Å². The van der Waals surface area contributed by atoms with E-state index in [1.165, 1.54) is 12.1 Å². The van der Waals surface area contributed by atoms with Gasteiger partial charge in [-0.3, -0.25) is 4.79 Å². The minimum Gasteiger partial charge on any atom is -0.319 e. The summed E-state index contributed by atoms with van der Waals surface area (Å²) in [5, 5.41) is 3.64. The molecule has 0 aromatic heterocycles. The summed E-state index contributed by atoms with van der Waals surface area (Å²) in [5.74, 6) is -0.324. The molecule has 0 bridgehead atoms. The van der Waals surface area contributed by atoms with Crippen molar-refractivity contribution in [2.24, 2.45) is 0 Å². The first-order valence-corrected chi connectivity index (χ1v) is 8.01. The molecule has 1 amide bonds. The number of halogens is 5. The molecule has 0 radical (unpaired) electrons. The maximum Gasteiger partial charge on any atom is 0.256 e. The number of benzene rings is 2. The van der Waals surface area contributed by atoms with Crippen molar-refractivity contribution in [3.8, 4) is 0 Å². The second-order valence-corrected chi connectivity index (χ2v) is 6.84. The molecule has 0 atom stereocenters. The predicted octanol–water partition coefficient (Wildman–Crippen LogP) is 6.42. The zero-order chi connectivity index (χ0) is 14.9. The fraction of sp³-hybridized carbons (Fsp3) is 0. The van der Waals surface area contributed by atoms with Crippen molar-refractivity contribution < 1.29 is 4.79 Å². The number of hydrogen-bond donors (Lipinski definition) is 1. The van der Waals surface area contributed by atoms with Gasteiger partial charge < -0.3 is 5.32 Å². The van der Waals surface area contributed by atoms with Gasteiger partial charge in [0.15, 0.2) is 0 Å². The SMILES string of the molecule is O=C(Nc1c(Cl)cc(Cl)cc1Cl)c1ccc(Br)cc1Br. The first-order valence-electron chi connectivity index (χ1n) is 5.29. The third kappa shape index (κ3) is 3.68. The van der Waals surface area contributed by atoms with Gasteiger partial charge in [0.05, 0.1) is 21.3 Å². The molecule has 104 valence electrons. The summed E-state index contributed by atoms with van der Waals surface area (Å²) in [6.45, 7) is 0. The van der Waals surface area contributed by atoms with Crippen LogP contribution in [0.15, 0.2) is 39.3 Å². The number of nitrogens with one attached hydrogen (secondary N) is 1. The molecule has 2 rings (SSSR count). The Balaban J connectivity index is 2.33. The zero-order valence-electron chi connectivity index (χ0n) is 9.68. The third-order valence-electron chi connectivity index (χ3n) is 2.42. The molecule has 0 aliphatic carbocycles. The van der Waals surface area contributed by atoms with Crippen LogP contribution in [0.2, 0.25) is 15.1 Å². The minimum absolute atomic E-state index is 0.282. The van der Waals surface area contributed by atoms with E-state index in [1.807, 2.05) is 0 Å². The van der Waals surface area contributed by atoms with Crippen molar-refractivity contribution in [3.63, 3.8) is 0 Å². The first-order chi connectivity index (χ1) is 9.38. The van der Waals surface area contributed by atoms with Crippen LogP contribution in [0.25, 0.3) is 0 Å². The summed E-state index contributed by atoms with van der Waals surface area (Å²) in [6.07, 6.45) is 0. The molecule has 0 aliphatic rings. The lowest BCUT2D eigenvalue weighted by molar-refractivity contribution is 0.102. The molecule has 0 spiro atoms. The van der Waals surface area contributed by atoms with Crippen LogP contribution in [-0.2, 0) is 0 Å². The summed E-state index contributed by atoms with van der Waals surface area (Å²) in [4.78, 5) is 12.2. The van der Waals surface area contributed by atoms with E-state index in [4.69, 9.17) is 34.8 Å². The van der Waals surface area contributed by atoms with Crippen LogP contribution in [0.3, 0.4) is 0 Å². The Morgan fingerprint density at radius 2 is 1.60 bits per heavy atom. The van der Waals surface area contributed by atoms with Crippen molar-refractivity contribution in [1.82, 2.24) is 0 Å². The lowest BCUT2D eigenvalue weighted by Crippen LogP contribution is -2.13. The quantitative estimate of drug-likeness (QED) is 0.553. The lowest BCUT2D eigenvalue weighted by atomic mass is 10.2. The molecule has 0 aliphatic heterocycles. The normalized spacial score (nSPS) is 10.4. The Hall–Kier alpha value is -0.260. The van der Waals surface area contributed by atoms with E-state index in [9.17, 15) is 4.79 Å². The Morgan fingerprint density at radius 1 is 1.00 bits per heavy atom. The van der Waals surface area contributed by atoms with E-state index in [0.29, 0.717) is 20.7 Å². The number of rotatable bonds is 2. The lowest BCUT2D eigenvalue weighted by Gasteiger charge is -2.11. The predicted molar refractivity (Wildman–Crippen MR) is 91.3 cm³/mol. The molecule has 0 saturated carbocycles. The highest BCUT2D eigenvalue weighted by atomic mass is 79.9. The Kier molecular flexibility index (Phi) is 5.37. The highest BCUT2D eigenvalue weighted by Gasteiger charge is 2.15. The standard InChI is InChI=1S/C13H6Br2Cl3NO/c14-6-1-2-8(9(15)3-6)13(20)19-12-10(17)4-7(16)5-11(12)18/h1-5H,(H,19,20). The molecule has 0 unspecified atom stereocenters. The summed E-state index contributed by atoms with van der Waals surface area (Å²) in [5.41, 5.74) is 0.799. The molecule has 0 heterocycles. The second-order valence-electron chi connectivity index (χ2n) is 3.82. The van der Waals surface area contributed by atoms with Crippen LogP contribution in [0, 0.1) is 0 Å². The van der Waals surface area contributed by atoms with E-state index < -0.39 is 0 Å². The van der Waals surface area contributed by atoms with Crippen molar-refractivity contribution in [1.29, 1.82) is 0 Å². The van der Waals surface area contributed by atoms with Crippen molar-refractivity contribution in [2.45, 2.75) is 0 Å².